The van der Waals surface area contributed by atoms with Crippen LogP contribution >= 0.6 is 11.6 Å². The Morgan fingerprint density at radius 2 is 1.88 bits per heavy atom. The van der Waals surface area contributed by atoms with Gasteiger partial charge in [-0.05, 0) is 48.0 Å². The van der Waals surface area contributed by atoms with Crippen molar-refractivity contribution < 1.29 is 24.2 Å². The molecule has 1 aromatic heterocycles. The molecule has 3 aliphatic rings. The average Bonchev–Trinajstić information content (AvgIpc) is 3.48. The zero-order chi connectivity index (χ0) is 27.8. The van der Waals surface area contributed by atoms with E-state index in [2.05, 4.69) is 9.83 Å². The maximum atomic E-state index is 14.1. The van der Waals surface area contributed by atoms with Crippen molar-refractivity contribution in [1.82, 2.24) is 4.98 Å². The Labute approximate surface area is 234 Å². The normalized spacial score (nSPS) is 28.9. The molecule has 4 heterocycles. The average molecular weight is 554 g/mol. The Kier molecular flexibility index (Phi) is 5.45. The van der Waals surface area contributed by atoms with Crippen LogP contribution in [0.3, 0.4) is 0 Å². The Morgan fingerprint density at radius 3 is 2.67 bits per heavy atom. The van der Waals surface area contributed by atoms with Gasteiger partial charge < -0.3 is 14.6 Å². The quantitative estimate of drug-likeness (QED) is 0.261. The van der Waals surface area contributed by atoms with E-state index in [1.54, 1.807) is 43.5 Å². The number of aromatic nitrogens is 1. The number of halogens is 1. The van der Waals surface area contributed by atoms with Gasteiger partial charge in [0.1, 0.15) is 11.4 Å². The summed E-state index contributed by atoms with van der Waals surface area (Å²) in [5.74, 6) is -1.71. The van der Waals surface area contributed by atoms with E-state index in [-0.39, 0.29) is 18.9 Å². The molecule has 3 fully saturated rings. The highest BCUT2D eigenvalue weighted by atomic mass is 35.5. The lowest BCUT2D eigenvalue weighted by atomic mass is 9.66. The van der Waals surface area contributed by atoms with E-state index in [4.69, 9.17) is 27.6 Å². The van der Waals surface area contributed by atoms with Crippen molar-refractivity contribution >= 4 is 56.5 Å². The van der Waals surface area contributed by atoms with Crippen LogP contribution in [-0.2, 0) is 14.3 Å². The summed E-state index contributed by atoms with van der Waals surface area (Å²) < 4.78 is 12.6. The number of imide groups is 1. The Balaban J connectivity index is 1.22. The standard InChI is InChI=1S/C31H24ClN3O5/c1-30-25(36)16-31(40-30,12-14-39-24-11-13-34-22-15-17(32)7-8-20(22)24)27-26(30)28(37)35(29(27)38)23-10-9-21(33-2)18-5-3-4-6-19(18)23/h3-11,13,15,25-27,36H,12,14,16H2,1H3/t25-,26-,27+,30?,31?/m1/s1. The fourth-order valence-corrected chi connectivity index (χ4v) is 7.14. The fraction of sp³-hybridized carbons (Fsp3) is 0.290. The predicted molar refractivity (Wildman–Crippen MR) is 149 cm³/mol. The highest BCUT2D eigenvalue weighted by Gasteiger charge is 2.77. The minimum absolute atomic E-state index is 0.206. The van der Waals surface area contributed by atoms with Crippen LogP contribution in [0.1, 0.15) is 19.8 Å². The van der Waals surface area contributed by atoms with Crippen LogP contribution in [0.25, 0.3) is 26.5 Å². The SMILES string of the molecule is [C-]#[N+]c1ccc(N2C(=O)[C@@H]3[C@H](C2=O)C2(C)OC3(CCOc3ccnc4cc(Cl)ccc34)C[C@H]2O)c2ccccc12. The number of aliphatic hydroxyl groups is 1. The van der Waals surface area contributed by atoms with Crippen molar-refractivity contribution in [2.24, 2.45) is 11.8 Å². The molecular formula is C31H24ClN3O5. The number of carbonyl (C=O) groups excluding carboxylic acids is 2. The second-order valence-electron chi connectivity index (χ2n) is 10.9. The number of anilines is 1. The van der Waals surface area contributed by atoms with Crippen LogP contribution in [0.5, 0.6) is 5.75 Å². The third-order valence-electron chi connectivity index (χ3n) is 8.80. The molecule has 4 aromatic rings. The van der Waals surface area contributed by atoms with Crippen LogP contribution < -0.4 is 9.64 Å². The van der Waals surface area contributed by atoms with Crippen LogP contribution in [0, 0.1) is 18.4 Å². The van der Waals surface area contributed by atoms with Gasteiger partial charge in [-0.2, -0.15) is 0 Å². The molecule has 3 aliphatic heterocycles. The summed E-state index contributed by atoms with van der Waals surface area (Å²) in [5, 5.41) is 13.8. The molecule has 8 nitrogen and oxygen atoms in total. The number of amides is 2. The van der Waals surface area contributed by atoms with Crippen LogP contribution in [-0.4, -0.2) is 45.8 Å². The lowest BCUT2D eigenvalue weighted by molar-refractivity contribution is -0.134. The van der Waals surface area contributed by atoms with Crippen molar-refractivity contribution in [1.29, 1.82) is 0 Å². The van der Waals surface area contributed by atoms with Crippen LogP contribution in [0.2, 0.25) is 5.02 Å². The van der Waals surface area contributed by atoms with Gasteiger partial charge in [0.2, 0.25) is 11.8 Å². The Bertz CT molecular complexity index is 1790. The fourth-order valence-electron chi connectivity index (χ4n) is 6.98. The zero-order valence-electron chi connectivity index (χ0n) is 21.5. The summed E-state index contributed by atoms with van der Waals surface area (Å²) in [6.45, 7) is 9.44. The van der Waals surface area contributed by atoms with Gasteiger partial charge in [-0.1, -0.05) is 41.9 Å². The number of rotatable bonds is 5. The number of benzene rings is 3. The lowest BCUT2D eigenvalue weighted by Crippen LogP contribution is -2.49. The van der Waals surface area contributed by atoms with Gasteiger partial charge >= 0.3 is 0 Å². The van der Waals surface area contributed by atoms with E-state index in [1.807, 2.05) is 30.3 Å². The molecule has 3 aromatic carbocycles. The number of hydrogen-bond donors (Lipinski definition) is 1. The molecule has 0 saturated carbocycles. The number of fused-ring (bicyclic) bond motifs is 7. The first-order chi connectivity index (χ1) is 19.3. The largest absolute Gasteiger partial charge is 0.493 e. The topological polar surface area (TPSA) is 93.3 Å². The van der Waals surface area contributed by atoms with E-state index in [9.17, 15) is 14.7 Å². The first-order valence-corrected chi connectivity index (χ1v) is 13.5. The number of hydrogen-bond acceptors (Lipinski definition) is 6. The van der Waals surface area contributed by atoms with E-state index in [0.717, 1.165) is 5.39 Å². The molecule has 3 saturated heterocycles. The van der Waals surface area contributed by atoms with Crippen LogP contribution in [0.15, 0.2) is 66.9 Å². The highest BCUT2D eigenvalue weighted by Crippen LogP contribution is 2.62. The summed E-state index contributed by atoms with van der Waals surface area (Å²) in [5.41, 5.74) is -0.660. The highest BCUT2D eigenvalue weighted by molar-refractivity contribution is 6.31. The first kappa shape index (κ1) is 25.0. The maximum absolute atomic E-state index is 14.1. The number of pyridine rings is 1. The third kappa shape index (κ3) is 3.35. The van der Waals surface area contributed by atoms with Gasteiger partial charge in [0.05, 0.1) is 47.9 Å². The van der Waals surface area contributed by atoms with Crippen molar-refractivity contribution in [2.45, 2.75) is 37.1 Å². The van der Waals surface area contributed by atoms with Gasteiger partial charge in [-0.25, -0.2) is 9.74 Å². The number of carbonyl (C=O) groups is 2. The number of ether oxygens (including phenoxy) is 2. The van der Waals surface area contributed by atoms with Gasteiger partial charge in [0.15, 0.2) is 5.69 Å². The first-order valence-electron chi connectivity index (χ1n) is 13.1. The summed E-state index contributed by atoms with van der Waals surface area (Å²) in [7, 11) is 0. The molecule has 5 atom stereocenters. The lowest BCUT2D eigenvalue weighted by Gasteiger charge is -2.33. The molecular weight excluding hydrogens is 530 g/mol. The van der Waals surface area contributed by atoms with Gasteiger partial charge in [0.25, 0.3) is 0 Å². The van der Waals surface area contributed by atoms with Crippen LogP contribution in [0.4, 0.5) is 11.4 Å². The van der Waals surface area contributed by atoms with Crippen molar-refractivity contribution in [3.05, 3.63) is 83.3 Å². The second kappa shape index (κ2) is 8.73. The second-order valence-corrected chi connectivity index (χ2v) is 11.3. The Morgan fingerprint density at radius 1 is 1.10 bits per heavy atom. The molecule has 2 bridgehead atoms. The number of aliphatic hydroxyl groups excluding tert-OH is 1. The maximum Gasteiger partial charge on any atom is 0.240 e. The molecule has 9 heteroatoms. The molecule has 40 heavy (non-hydrogen) atoms. The van der Waals surface area contributed by atoms with Gasteiger partial charge in [-0.3, -0.25) is 14.6 Å². The Hall–Kier alpha value is -4.03. The zero-order valence-corrected chi connectivity index (χ0v) is 22.3. The van der Waals surface area contributed by atoms with E-state index in [1.165, 1.54) is 4.90 Å². The molecule has 1 N–H and O–H groups in total. The van der Waals surface area contributed by atoms with Crippen molar-refractivity contribution in [2.75, 3.05) is 11.5 Å². The minimum atomic E-state index is -1.20. The van der Waals surface area contributed by atoms with E-state index < -0.39 is 35.0 Å². The van der Waals surface area contributed by atoms with E-state index in [0.29, 0.717) is 44.9 Å². The predicted octanol–water partition coefficient (Wildman–Crippen LogP) is 5.46. The summed E-state index contributed by atoms with van der Waals surface area (Å²) in [6.07, 6.45) is 1.27. The smallest absolute Gasteiger partial charge is 0.240 e. The number of nitrogens with zero attached hydrogens (tertiary/aromatic N) is 3. The molecule has 0 spiro atoms. The summed E-state index contributed by atoms with van der Waals surface area (Å²) in [4.78, 5) is 37.2. The molecule has 2 amide bonds. The molecule has 7 rings (SSSR count). The van der Waals surface area contributed by atoms with Crippen molar-refractivity contribution in [3.8, 4) is 5.75 Å². The van der Waals surface area contributed by atoms with E-state index >= 15 is 0 Å². The third-order valence-corrected chi connectivity index (χ3v) is 9.04. The molecule has 2 unspecified atom stereocenters. The molecule has 0 radical (unpaired) electrons. The monoisotopic (exact) mass is 553 g/mol. The minimum Gasteiger partial charge on any atom is -0.493 e. The molecule has 0 aliphatic carbocycles. The van der Waals surface area contributed by atoms with Gasteiger partial charge in [0, 0.05) is 29.4 Å². The summed E-state index contributed by atoms with van der Waals surface area (Å²) in [6, 6.07) is 17.7. The van der Waals surface area contributed by atoms with Gasteiger partial charge in [-0.15, -0.1) is 0 Å². The summed E-state index contributed by atoms with van der Waals surface area (Å²) >= 11 is 6.11. The molecule has 200 valence electrons. The van der Waals surface area contributed by atoms with Crippen molar-refractivity contribution in [3.63, 3.8) is 0 Å².